The van der Waals surface area contributed by atoms with E-state index in [9.17, 15) is 23.1 Å². The van der Waals surface area contributed by atoms with Crippen molar-refractivity contribution in [3.63, 3.8) is 0 Å². The Labute approximate surface area is 197 Å². The molecule has 0 fully saturated rings. The zero-order valence-electron chi connectivity index (χ0n) is 18.5. The number of carbonyl (C=O) groups is 2. The van der Waals surface area contributed by atoms with Crippen LogP contribution in [0.4, 0.5) is 10.5 Å². The molecule has 4 rings (SSSR count). The molecule has 34 heavy (non-hydrogen) atoms. The fourth-order valence-electron chi connectivity index (χ4n) is 3.95. The van der Waals surface area contributed by atoms with Gasteiger partial charge in [-0.05, 0) is 53.4 Å². The quantitative estimate of drug-likeness (QED) is 0.549. The molecule has 1 amide bonds. The number of rotatable bonds is 6. The summed E-state index contributed by atoms with van der Waals surface area (Å²) >= 11 is 0. The van der Waals surface area contributed by atoms with Crippen molar-refractivity contribution in [2.75, 3.05) is 11.9 Å². The number of hydrogen-bond donors (Lipinski definition) is 2. The van der Waals surface area contributed by atoms with Gasteiger partial charge in [-0.1, -0.05) is 48.5 Å². The molecule has 8 nitrogen and oxygen atoms in total. The molecule has 0 spiro atoms. The highest BCUT2D eigenvalue weighted by molar-refractivity contribution is 7.89. The minimum atomic E-state index is -4.03. The van der Waals surface area contributed by atoms with E-state index < -0.39 is 28.1 Å². The van der Waals surface area contributed by atoms with E-state index in [-0.39, 0.29) is 24.5 Å². The van der Waals surface area contributed by atoms with Gasteiger partial charge in [0.2, 0.25) is 10.0 Å². The smallest absolute Gasteiger partial charge is 0.411 e. The van der Waals surface area contributed by atoms with Gasteiger partial charge in [-0.2, -0.15) is 4.31 Å². The molecule has 0 saturated heterocycles. The van der Waals surface area contributed by atoms with Crippen molar-refractivity contribution in [2.45, 2.75) is 30.8 Å². The first-order valence-electron chi connectivity index (χ1n) is 10.8. The van der Waals surface area contributed by atoms with Gasteiger partial charge in [-0.15, -0.1) is 0 Å². The Morgan fingerprint density at radius 2 is 1.56 bits per heavy atom. The number of nitrogens with zero attached hydrogens (tertiary/aromatic N) is 1. The lowest BCUT2D eigenvalue weighted by atomic mass is 9.96. The molecule has 0 saturated carbocycles. The van der Waals surface area contributed by atoms with Crippen molar-refractivity contribution in [1.82, 2.24) is 4.31 Å². The predicted molar refractivity (Wildman–Crippen MR) is 127 cm³/mol. The Hall–Kier alpha value is -3.69. The van der Waals surface area contributed by atoms with E-state index >= 15 is 0 Å². The average Bonchev–Trinajstić information content (AvgIpc) is 2.84. The zero-order valence-corrected chi connectivity index (χ0v) is 19.3. The Morgan fingerprint density at radius 1 is 0.971 bits per heavy atom. The van der Waals surface area contributed by atoms with Crippen LogP contribution in [0.2, 0.25) is 0 Å². The predicted octanol–water partition coefficient (Wildman–Crippen LogP) is 4.12. The number of carboxylic acids is 1. The van der Waals surface area contributed by atoms with Crippen LogP contribution in [-0.2, 0) is 32.5 Å². The molecule has 0 aliphatic carbocycles. The number of aliphatic carboxylic acids is 1. The van der Waals surface area contributed by atoms with Gasteiger partial charge in [0.05, 0.1) is 11.5 Å². The summed E-state index contributed by atoms with van der Waals surface area (Å²) in [7, 11) is -4.03. The molecule has 176 valence electrons. The molecule has 0 radical (unpaired) electrons. The number of carboxylic acid groups (broad SMARTS) is 1. The van der Waals surface area contributed by atoms with E-state index in [0.717, 1.165) is 26.6 Å². The third kappa shape index (κ3) is 4.80. The number of fused-ring (bicyclic) bond motifs is 1. The molecule has 1 unspecified atom stereocenters. The van der Waals surface area contributed by atoms with E-state index in [1.165, 1.54) is 12.1 Å². The summed E-state index contributed by atoms with van der Waals surface area (Å²) in [4.78, 5) is 23.4. The van der Waals surface area contributed by atoms with Crippen LogP contribution in [0.1, 0.15) is 18.1 Å². The number of benzene rings is 3. The number of hydrogen-bond acceptors (Lipinski definition) is 5. The van der Waals surface area contributed by atoms with E-state index in [1.807, 2.05) is 24.3 Å². The average molecular weight is 481 g/mol. The number of ether oxygens (including phenoxy) is 1. The third-order valence-electron chi connectivity index (χ3n) is 5.69. The summed E-state index contributed by atoms with van der Waals surface area (Å²) in [6.07, 6.45) is -0.417. The van der Waals surface area contributed by atoms with E-state index in [2.05, 4.69) is 5.32 Å². The maximum absolute atomic E-state index is 13.4. The molecule has 9 heteroatoms. The first kappa shape index (κ1) is 23.5. The molecule has 3 aromatic rings. The first-order chi connectivity index (χ1) is 16.3. The molecule has 2 N–H and O–H groups in total. The molecule has 0 aromatic heterocycles. The van der Waals surface area contributed by atoms with E-state index in [4.69, 9.17) is 4.74 Å². The van der Waals surface area contributed by atoms with Crippen molar-refractivity contribution >= 4 is 27.8 Å². The molecular weight excluding hydrogens is 456 g/mol. The van der Waals surface area contributed by atoms with Gasteiger partial charge in [0.1, 0.15) is 6.04 Å². The van der Waals surface area contributed by atoms with Gasteiger partial charge in [0.15, 0.2) is 0 Å². The van der Waals surface area contributed by atoms with Gasteiger partial charge in [0.25, 0.3) is 0 Å². The highest BCUT2D eigenvalue weighted by atomic mass is 32.2. The summed E-state index contributed by atoms with van der Waals surface area (Å²) < 4.78 is 32.6. The van der Waals surface area contributed by atoms with Gasteiger partial charge in [-0.3, -0.25) is 10.1 Å². The van der Waals surface area contributed by atoms with Crippen LogP contribution in [0.3, 0.4) is 0 Å². The van der Waals surface area contributed by atoms with Crippen LogP contribution in [0.25, 0.3) is 11.1 Å². The van der Waals surface area contributed by atoms with E-state index in [0.29, 0.717) is 5.69 Å². The van der Waals surface area contributed by atoms with Crippen LogP contribution < -0.4 is 5.32 Å². The standard InChI is InChI=1S/C25H24N2O6S/c1-2-33-25(30)26-21-11-7-17(8-12-21)18-9-13-22(14-10-18)34(31,32)27-16-20-6-4-3-5-19(20)15-23(27)24(28)29/h3-14,23H,2,15-16H2,1H3,(H,26,30)(H,28,29). The molecule has 1 atom stereocenters. The van der Waals surface area contributed by atoms with Crippen molar-refractivity contribution in [1.29, 1.82) is 0 Å². The summed E-state index contributed by atoms with van der Waals surface area (Å²) in [6, 6.07) is 19.5. The normalized spacial score (nSPS) is 15.9. The minimum Gasteiger partial charge on any atom is -0.480 e. The number of nitrogens with one attached hydrogen (secondary N) is 1. The monoisotopic (exact) mass is 480 g/mol. The Kier molecular flexibility index (Phi) is 6.67. The Bertz CT molecular complexity index is 1300. The second-order valence-electron chi connectivity index (χ2n) is 7.82. The molecule has 1 heterocycles. The lowest BCUT2D eigenvalue weighted by molar-refractivity contribution is -0.141. The van der Waals surface area contributed by atoms with Crippen LogP contribution in [-0.4, -0.2) is 42.5 Å². The number of anilines is 1. The summed E-state index contributed by atoms with van der Waals surface area (Å²) in [5.41, 5.74) is 3.83. The van der Waals surface area contributed by atoms with Crippen molar-refractivity contribution < 1.29 is 27.9 Å². The number of amides is 1. The van der Waals surface area contributed by atoms with Crippen molar-refractivity contribution in [3.05, 3.63) is 83.9 Å². The number of sulfonamides is 1. The lowest BCUT2D eigenvalue weighted by Crippen LogP contribution is -2.48. The maximum atomic E-state index is 13.4. The Balaban J connectivity index is 1.56. The second kappa shape index (κ2) is 9.66. The summed E-state index contributed by atoms with van der Waals surface area (Å²) in [5, 5.41) is 12.3. The molecular formula is C25H24N2O6S. The van der Waals surface area contributed by atoms with Crippen molar-refractivity contribution in [2.24, 2.45) is 0 Å². The SMILES string of the molecule is CCOC(=O)Nc1ccc(-c2ccc(S(=O)(=O)N3Cc4ccccc4CC3C(=O)O)cc2)cc1. The first-order valence-corrected chi connectivity index (χ1v) is 12.2. The summed E-state index contributed by atoms with van der Waals surface area (Å²) in [5.74, 6) is -1.17. The topological polar surface area (TPSA) is 113 Å². The fourth-order valence-corrected chi connectivity index (χ4v) is 5.51. The van der Waals surface area contributed by atoms with Crippen LogP contribution in [0, 0.1) is 0 Å². The highest BCUT2D eigenvalue weighted by Crippen LogP contribution is 2.30. The molecule has 1 aliphatic heterocycles. The third-order valence-corrected chi connectivity index (χ3v) is 7.56. The van der Waals surface area contributed by atoms with Crippen LogP contribution >= 0.6 is 0 Å². The van der Waals surface area contributed by atoms with Crippen LogP contribution in [0.5, 0.6) is 0 Å². The highest BCUT2D eigenvalue weighted by Gasteiger charge is 2.39. The van der Waals surface area contributed by atoms with Gasteiger partial charge in [-0.25, -0.2) is 13.2 Å². The summed E-state index contributed by atoms with van der Waals surface area (Å²) in [6.45, 7) is 2.00. The van der Waals surface area contributed by atoms with Gasteiger partial charge >= 0.3 is 12.1 Å². The van der Waals surface area contributed by atoms with E-state index in [1.54, 1.807) is 43.3 Å². The molecule has 0 bridgehead atoms. The zero-order chi connectivity index (χ0) is 24.3. The Morgan fingerprint density at radius 3 is 2.15 bits per heavy atom. The largest absolute Gasteiger partial charge is 0.480 e. The minimum absolute atomic E-state index is 0.00610. The molecule has 1 aliphatic rings. The lowest BCUT2D eigenvalue weighted by Gasteiger charge is -2.33. The van der Waals surface area contributed by atoms with Gasteiger partial charge in [0, 0.05) is 18.7 Å². The number of carbonyl (C=O) groups excluding carboxylic acids is 1. The maximum Gasteiger partial charge on any atom is 0.411 e. The fraction of sp³-hybridized carbons (Fsp3) is 0.200. The van der Waals surface area contributed by atoms with Gasteiger partial charge < -0.3 is 9.84 Å². The second-order valence-corrected chi connectivity index (χ2v) is 9.71. The van der Waals surface area contributed by atoms with Crippen LogP contribution in [0.15, 0.2) is 77.7 Å². The van der Waals surface area contributed by atoms with Crippen molar-refractivity contribution in [3.8, 4) is 11.1 Å². The molecule has 3 aromatic carbocycles.